The number of hydrogen-bond donors (Lipinski definition) is 1. The van der Waals surface area contributed by atoms with Crippen molar-refractivity contribution >= 4 is 11.6 Å². The SMILES string of the molecule is CCCCCCNC(=O)c1ccc2c(c1)CCCN2C. The molecule has 0 bridgehead atoms. The van der Waals surface area contributed by atoms with Gasteiger partial charge in [-0.1, -0.05) is 26.2 Å². The second-order valence-electron chi connectivity index (χ2n) is 5.69. The van der Waals surface area contributed by atoms with E-state index in [2.05, 4.69) is 36.3 Å². The number of carbonyl (C=O) groups excluding carboxylic acids is 1. The molecule has 0 atom stereocenters. The summed E-state index contributed by atoms with van der Waals surface area (Å²) in [7, 11) is 2.12. The number of carbonyl (C=O) groups is 1. The van der Waals surface area contributed by atoms with Crippen molar-refractivity contribution in [2.45, 2.75) is 45.4 Å². The number of unbranched alkanes of at least 4 members (excludes halogenated alkanes) is 3. The van der Waals surface area contributed by atoms with Gasteiger partial charge in [0.15, 0.2) is 0 Å². The van der Waals surface area contributed by atoms with Crippen molar-refractivity contribution in [1.29, 1.82) is 0 Å². The van der Waals surface area contributed by atoms with E-state index in [4.69, 9.17) is 0 Å². The maximum absolute atomic E-state index is 12.1. The Balaban J connectivity index is 1.90. The largest absolute Gasteiger partial charge is 0.374 e. The lowest BCUT2D eigenvalue weighted by Gasteiger charge is -2.27. The van der Waals surface area contributed by atoms with Crippen molar-refractivity contribution in [3.8, 4) is 0 Å². The van der Waals surface area contributed by atoms with Crippen molar-refractivity contribution in [2.75, 3.05) is 25.0 Å². The Bertz CT molecular complexity index is 456. The minimum Gasteiger partial charge on any atom is -0.374 e. The lowest BCUT2D eigenvalue weighted by Crippen LogP contribution is -2.27. The summed E-state index contributed by atoms with van der Waals surface area (Å²) < 4.78 is 0. The Labute approximate surface area is 122 Å². The van der Waals surface area contributed by atoms with E-state index in [0.29, 0.717) is 0 Å². The quantitative estimate of drug-likeness (QED) is 0.807. The van der Waals surface area contributed by atoms with Crippen LogP contribution in [-0.4, -0.2) is 26.0 Å². The molecule has 1 heterocycles. The predicted octanol–water partition coefficient (Wildman–Crippen LogP) is 3.38. The number of amides is 1. The highest BCUT2D eigenvalue weighted by Crippen LogP contribution is 2.26. The summed E-state index contributed by atoms with van der Waals surface area (Å²) in [6.45, 7) is 4.09. The second kappa shape index (κ2) is 7.32. The summed E-state index contributed by atoms with van der Waals surface area (Å²) in [5, 5.41) is 3.02. The van der Waals surface area contributed by atoms with Gasteiger partial charge in [-0.25, -0.2) is 0 Å². The molecule has 1 aliphatic heterocycles. The summed E-state index contributed by atoms with van der Waals surface area (Å²) in [5.41, 5.74) is 3.38. The van der Waals surface area contributed by atoms with Gasteiger partial charge in [-0.05, 0) is 43.0 Å². The van der Waals surface area contributed by atoms with Gasteiger partial charge < -0.3 is 10.2 Å². The Hall–Kier alpha value is -1.51. The molecule has 0 aromatic heterocycles. The van der Waals surface area contributed by atoms with Crippen LogP contribution in [0.4, 0.5) is 5.69 Å². The van der Waals surface area contributed by atoms with Gasteiger partial charge in [0, 0.05) is 31.4 Å². The van der Waals surface area contributed by atoms with Gasteiger partial charge in [0.1, 0.15) is 0 Å². The summed E-state index contributed by atoms with van der Waals surface area (Å²) in [6.07, 6.45) is 7.01. The number of hydrogen-bond acceptors (Lipinski definition) is 2. The number of aryl methyl sites for hydroxylation is 1. The Morgan fingerprint density at radius 2 is 2.15 bits per heavy atom. The van der Waals surface area contributed by atoms with Crippen LogP contribution in [-0.2, 0) is 6.42 Å². The van der Waals surface area contributed by atoms with E-state index in [-0.39, 0.29) is 5.91 Å². The van der Waals surface area contributed by atoms with E-state index >= 15 is 0 Å². The van der Waals surface area contributed by atoms with Crippen LogP contribution in [0.25, 0.3) is 0 Å². The third kappa shape index (κ3) is 3.75. The van der Waals surface area contributed by atoms with Crippen molar-refractivity contribution in [2.24, 2.45) is 0 Å². The summed E-state index contributed by atoms with van der Waals surface area (Å²) in [4.78, 5) is 14.4. The van der Waals surface area contributed by atoms with Crippen molar-refractivity contribution in [3.63, 3.8) is 0 Å². The first-order valence-electron chi connectivity index (χ1n) is 7.84. The Kier molecular flexibility index (Phi) is 5.45. The van der Waals surface area contributed by atoms with Gasteiger partial charge >= 0.3 is 0 Å². The average molecular weight is 274 g/mol. The minimum absolute atomic E-state index is 0.0672. The molecule has 20 heavy (non-hydrogen) atoms. The molecule has 3 nitrogen and oxygen atoms in total. The van der Waals surface area contributed by atoms with E-state index in [1.165, 1.54) is 36.9 Å². The molecule has 1 aromatic rings. The first-order valence-corrected chi connectivity index (χ1v) is 7.84. The van der Waals surface area contributed by atoms with E-state index in [1.54, 1.807) is 0 Å². The molecule has 0 saturated heterocycles. The molecular weight excluding hydrogens is 248 g/mol. The Morgan fingerprint density at radius 1 is 1.30 bits per heavy atom. The molecule has 0 unspecified atom stereocenters. The molecule has 0 aliphatic carbocycles. The predicted molar refractivity (Wildman–Crippen MR) is 84.5 cm³/mol. The number of nitrogens with one attached hydrogen (secondary N) is 1. The minimum atomic E-state index is 0.0672. The number of anilines is 1. The van der Waals surface area contributed by atoms with E-state index in [9.17, 15) is 4.79 Å². The lowest BCUT2D eigenvalue weighted by atomic mass is 9.99. The number of fused-ring (bicyclic) bond motifs is 1. The lowest BCUT2D eigenvalue weighted by molar-refractivity contribution is 0.0953. The van der Waals surface area contributed by atoms with Crippen LogP contribution in [0.15, 0.2) is 18.2 Å². The van der Waals surface area contributed by atoms with Gasteiger partial charge in [-0.15, -0.1) is 0 Å². The topological polar surface area (TPSA) is 32.3 Å². The van der Waals surface area contributed by atoms with Gasteiger partial charge in [-0.3, -0.25) is 4.79 Å². The molecule has 1 aromatic carbocycles. The first kappa shape index (κ1) is 14.9. The summed E-state index contributed by atoms with van der Waals surface area (Å²) in [5.74, 6) is 0.0672. The number of benzene rings is 1. The average Bonchev–Trinajstić information content (AvgIpc) is 2.47. The Morgan fingerprint density at radius 3 is 2.95 bits per heavy atom. The zero-order valence-electron chi connectivity index (χ0n) is 12.7. The van der Waals surface area contributed by atoms with Crippen LogP contribution in [0.5, 0.6) is 0 Å². The third-order valence-corrected chi connectivity index (χ3v) is 4.01. The summed E-state index contributed by atoms with van der Waals surface area (Å²) >= 11 is 0. The zero-order valence-corrected chi connectivity index (χ0v) is 12.7. The zero-order chi connectivity index (χ0) is 14.4. The molecule has 2 rings (SSSR count). The summed E-state index contributed by atoms with van der Waals surface area (Å²) in [6, 6.07) is 6.09. The van der Waals surface area contributed by atoms with Crippen LogP contribution in [0.2, 0.25) is 0 Å². The maximum Gasteiger partial charge on any atom is 0.251 e. The van der Waals surface area contributed by atoms with Crippen molar-refractivity contribution < 1.29 is 4.79 Å². The maximum atomic E-state index is 12.1. The van der Waals surface area contributed by atoms with Gasteiger partial charge in [0.05, 0.1) is 0 Å². The molecule has 1 amide bonds. The second-order valence-corrected chi connectivity index (χ2v) is 5.69. The molecule has 3 heteroatoms. The van der Waals surface area contributed by atoms with E-state index in [1.807, 2.05) is 6.07 Å². The fourth-order valence-electron chi connectivity index (χ4n) is 2.78. The molecule has 1 N–H and O–H groups in total. The first-order chi connectivity index (χ1) is 9.72. The van der Waals surface area contributed by atoms with Crippen LogP contribution >= 0.6 is 0 Å². The monoisotopic (exact) mass is 274 g/mol. The highest BCUT2D eigenvalue weighted by molar-refractivity contribution is 5.95. The van der Waals surface area contributed by atoms with E-state index in [0.717, 1.165) is 31.5 Å². The molecule has 0 saturated carbocycles. The number of rotatable bonds is 6. The molecule has 1 aliphatic rings. The molecular formula is C17H26N2O. The van der Waals surface area contributed by atoms with Crippen LogP contribution in [0, 0.1) is 0 Å². The van der Waals surface area contributed by atoms with Gasteiger partial charge in [-0.2, -0.15) is 0 Å². The molecule has 0 radical (unpaired) electrons. The number of nitrogens with zero attached hydrogens (tertiary/aromatic N) is 1. The van der Waals surface area contributed by atoms with Gasteiger partial charge in [0.25, 0.3) is 5.91 Å². The van der Waals surface area contributed by atoms with Crippen LogP contribution in [0.3, 0.4) is 0 Å². The highest BCUT2D eigenvalue weighted by atomic mass is 16.1. The van der Waals surface area contributed by atoms with E-state index < -0.39 is 0 Å². The fraction of sp³-hybridized carbons (Fsp3) is 0.588. The molecule has 0 spiro atoms. The highest BCUT2D eigenvalue weighted by Gasteiger charge is 2.15. The van der Waals surface area contributed by atoms with Crippen LogP contribution in [0.1, 0.15) is 54.9 Å². The smallest absolute Gasteiger partial charge is 0.251 e. The standard InChI is InChI=1S/C17H26N2O/c1-3-4-5-6-11-18-17(20)15-9-10-16-14(13-15)8-7-12-19(16)2/h9-10,13H,3-8,11-12H2,1-2H3,(H,18,20). The van der Waals surface area contributed by atoms with Crippen molar-refractivity contribution in [1.82, 2.24) is 5.32 Å². The normalized spacial score (nSPS) is 14.0. The molecule has 110 valence electrons. The van der Waals surface area contributed by atoms with Gasteiger partial charge in [0.2, 0.25) is 0 Å². The third-order valence-electron chi connectivity index (χ3n) is 4.01. The van der Waals surface area contributed by atoms with Crippen molar-refractivity contribution in [3.05, 3.63) is 29.3 Å². The molecule has 0 fully saturated rings. The fourth-order valence-corrected chi connectivity index (χ4v) is 2.78. The van der Waals surface area contributed by atoms with Crippen LogP contribution < -0.4 is 10.2 Å².